The average Bonchev–Trinajstić information content (AvgIpc) is 3.13. The number of aromatic carboxylic acids is 1. The summed E-state index contributed by atoms with van der Waals surface area (Å²) < 4.78 is 41.9. The third-order valence-electron chi connectivity index (χ3n) is 9.14. The molecular weight excluding hydrogens is 711 g/mol. The molecular formula is C39H51N7O7S. The van der Waals surface area contributed by atoms with Gasteiger partial charge in [-0.15, -0.1) is 0 Å². The highest BCUT2D eigenvalue weighted by molar-refractivity contribution is 7.92. The van der Waals surface area contributed by atoms with Crippen LogP contribution in [-0.4, -0.2) is 83.6 Å². The number of benzene rings is 2. The number of nitrogens with zero attached hydrogens (tertiary/aromatic N) is 4. The molecule has 0 amide bonds. The summed E-state index contributed by atoms with van der Waals surface area (Å²) in [6.45, 7) is 12.7. The summed E-state index contributed by atoms with van der Waals surface area (Å²) >= 11 is 0. The van der Waals surface area contributed by atoms with Crippen molar-refractivity contribution in [2.75, 3.05) is 43.0 Å². The maximum atomic E-state index is 13.7. The van der Waals surface area contributed by atoms with E-state index in [0.717, 1.165) is 48.4 Å². The van der Waals surface area contributed by atoms with E-state index < -0.39 is 16.0 Å². The number of hydrogen-bond donors (Lipinski definition) is 5. The van der Waals surface area contributed by atoms with Gasteiger partial charge in [0.15, 0.2) is 0 Å². The number of aryl methyl sites for hydroxylation is 1. The minimum absolute atomic E-state index is 0.00153. The Morgan fingerprint density at radius 3 is 2.46 bits per heavy atom. The Balaban J connectivity index is 1.49. The van der Waals surface area contributed by atoms with Crippen LogP contribution in [-0.2, 0) is 27.7 Å². The van der Waals surface area contributed by atoms with Crippen LogP contribution in [0.2, 0.25) is 0 Å². The number of carbonyl (C=O) groups is 1. The largest absolute Gasteiger partial charge is 0.478 e. The van der Waals surface area contributed by atoms with Crippen LogP contribution in [0.5, 0.6) is 5.88 Å². The zero-order valence-corrected chi connectivity index (χ0v) is 32.4. The minimum Gasteiger partial charge on any atom is -0.478 e. The van der Waals surface area contributed by atoms with Gasteiger partial charge < -0.3 is 30.3 Å². The number of nitrogens with one attached hydrogen (secondary N) is 3. The minimum atomic E-state index is -4.29. The van der Waals surface area contributed by atoms with Crippen LogP contribution in [0.3, 0.4) is 0 Å². The second-order valence-electron chi connectivity index (χ2n) is 14.8. The molecule has 0 unspecified atom stereocenters. The predicted octanol–water partition coefficient (Wildman–Crippen LogP) is 5.40. The molecule has 3 heterocycles. The first kappa shape index (κ1) is 40.5. The first-order valence-corrected chi connectivity index (χ1v) is 19.6. The molecule has 1 fully saturated rings. The molecule has 14 nitrogen and oxygen atoms in total. The van der Waals surface area contributed by atoms with E-state index in [-0.39, 0.29) is 47.0 Å². The topological polar surface area (TPSA) is 198 Å². The molecule has 1 aliphatic heterocycles. The van der Waals surface area contributed by atoms with E-state index in [2.05, 4.69) is 57.1 Å². The number of aromatic nitrogens is 4. The van der Waals surface area contributed by atoms with Crippen molar-refractivity contribution in [1.29, 1.82) is 0 Å². The lowest BCUT2D eigenvalue weighted by molar-refractivity contribution is 0.0665. The molecule has 15 heteroatoms. The van der Waals surface area contributed by atoms with Gasteiger partial charge in [0.05, 0.1) is 47.4 Å². The van der Waals surface area contributed by atoms with E-state index >= 15 is 0 Å². The standard InChI is InChI=1S/C39H51N7O7S/c1-25-8-6-9-28(18-27-12-16-52-17-13-27)34(25)35-26(2)36(45-38(44-35)46-54(50,51)32-11-7-10-29(19-32)37(48)49)53-24-30(20-39(3,4)5)41-23-33-42-21-31(22-43-33)40-14-15-47/h6-11,19,21-22,27,30,40-41,47H,12-18,20,23-24H2,1-5H3,(H,48,49)(H,44,45,46)/t30-/m1/s1. The van der Waals surface area contributed by atoms with Gasteiger partial charge in [-0.05, 0) is 80.2 Å². The number of ether oxygens (including phenoxy) is 2. The molecule has 5 N–H and O–H groups in total. The van der Waals surface area contributed by atoms with Gasteiger partial charge in [-0.25, -0.2) is 32.9 Å². The van der Waals surface area contributed by atoms with Crippen molar-refractivity contribution < 1.29 is 32.9 Å². The SMILES string of the molecule is Cc1cccc(CC2CCOCC2)c1-c1nc(NS(=O)(=O)c2cccc(C(=O)O)c2)nc(OC[C@@H](CC(C)(C)C)NCc2ncc(NCCO)cn2)c1C. The molecule has 0 aliphatic carbocycles. The van der Waals surface area contributed by atoms with Crippen molar-refractivity contribution in [1.82, 2.24) is 25.3 Å². The van der Waals surface area contributed by atoms with Gasteiger partial charge in [0.25, 0.3) is 10.0 Å². The fraction of sp³-hybridized carbons (Fsp3) is 0.462. The molecule has 54 heavy (non-hydrogen) atoms. The van der Waals surface area contributed by atoms with Crippen molar-refractivity contribution in [3.63, 3.8) is 0 Å². The summed E-state index contributed by atoms with van der Waals surface area (Å²) in [6.07, 6.45) is 6.77. The van der Waals surface area contributed by atoms with Crippen LogP contribution in [0.15, 0.2) is 59.8 Å². The molecule has 4 aromatic rings. The van der Waals surface area contributed by atoms with Gasteiger partial charge in [-0.1, -0.05) is 45.0 Å². The highest BCUT2D eigenvalue weighted by Gasteiger charge is 2.26. The summed E-state index contributed by atoms with van der Waals surface area (Å²) in [5.74, 6) is -0.212. The maximum absolute atomic E-state index is 13.7. The third kappa shape index (κ3) is 11.2. The summed E-state index contributed by atoms with van der Waals surface area (Å²) in [6, 6.07) is 11.1. The van der Waals surface area contributed by atoms with Gasteiger partial charge in [0.2, 0.25) is 11.8 Å². The third-order valence-corrected chi connectivity index (χ3v) is 10.5. The Bertz CT molecular complexity index is 2000. The van der Waals surface area contributed by atoms with Crippen LogP contribution >= 0.6 is 0 Å². The molecule has 0 radical (unpaired) electrons. The lowest BCUT2D eigenvalue weighted by Crippen LogP contribution is -2.38. The van der Waals surface area contributed by atoms with Gasteiger partial charge in [-0.3, -0.25) is 0 Å². The maximum Gasteiger partial charge on any atom is 0.335 e. The molecule has 5 rings (SSSR count). The van der Waals surface area contributed by atoms with E-state index in [9.17, 15) is 18.3 Å². The number of aliphatic hydroxyl groups is 1. The smallest absolute Gasteiger partial charge is 0.335 e. The number of anilines is 2. The van der Waals surface area contributed by atoms with Crippen LogP contribution in [0.25, 0.3) is 11.3 Å². The average molecular weight is 762 g/mol. The molecule has 2 aromatic heterocycles. The van der Waals surface area contributed by atoms with Gasteiger partial charge in [-0.2, -0.15) is 4.98 Å². The molecule has 1 atom stereocenters. The van der Waals surface area contributed by atoms with Crippen molar-refractivity contribution in [2.45, 2.75) is 77.8 Å². The predicted molar refractivity (Wildman–Crippen MR) is 206 cm³/mol. The molecule has 1 aliphatic rings. The first-order chi connectivity index (χ1) is 25.7. The number of carboxylic acids is 1. The first-order valence-electron chi connectivity index (χ1n) is 18.2. The number of aliphatic hydroxyl groups excluding tert-OH is 1. The second-order valence-corrected chi connectivity index (χ2v) is 16.5. The van der Waals surface area contributed by atoms with Gasteiger partial charge in [0.1, 0.15) is 12.4 Å². The summed E-state index contributed by atoms with van der Waals surface area (Å²) in [4.78, 5) is 29.7. The molecule has 0 saturated carbocycles. The summed E-state index contributed by atoms with van der Waals surface area (Å²) in [7, 11) is -4.29. The van der Waals surface area contributed by atoms with Crippen LogP contribution in [0, 0.1) is 25.2 Å². The van der Waals surface area contributed by atoms with Crippen molar-refractivity contribution in [3.8, 4) is 17.1 Å². The van der Waals surface area contributed by atoms with E-state index in [0.29, 0.717) is 55.0 Å². The Morgan fingerprint density at radius 2 is 1.78 bits per heavy atom. The van der Waals surface area contributed by atoms with Crippen LogP contribution in [0.1, 0.15) is 72.9 Å². The Kier molecular flexibility index (Phi) is 13.6. The molecule has 2 aromatic carbocycles. The Hall–Kier alpha value is -4.70. The quantitative estimate of drug-likeness (QED) is 0.0919. The Labute approximate surface area is 317 Å². The fourth-order valence-electron chi connectivity index (χ4n) is 6.48. The van der Waals surface area contributed by atoms with Gasteiger partial charge >= 0.3 is 5.97 Å². The van der Waals surface area contributed by atoms with Crippen molar-refractivity contribution >= 4 is 27.6 Å². The zero-order valence-electron chi connectivity index (χ0n) is 31.6. The van der Waals surface area contributed by atoms with Crippen molar-refractivity contribution in [2.24, 2.45) is 11.3 Å². The fourth-order valence-corrected chi connectivity index (χ4v) is 7.47. The number of sulfonamides is 1. The number of carboxylic acid groups (broad SMARTS) is 1. The van der Waals surface area contributed by atoms with Gasteiger partial charge in [0, 0.05) is 36.9 Å². The van der Waals surface area contributed by atoms with E-state index in [1.165, 1.54) is 18.2 Å². The molecule has 0 spiro atoms. The molecule has 290 valence electrons. The number of hydrogen-bond acceptors (Lipinski definition) is 12. The summed E-state index contributed by atoms with van der Waals surface area (Å²) in [5.41, 5.74) is 4.61. The highest BCUT2D eigenvalue weighted by atomic mass is 32.2. The Morgan fingerprint density at radius 1 is 1.06 bits per heavy atom. The highest BCUT2D eigenvalue weighted by Crippen LogP contribution is 2.36. The van der Waals surface area contributed by atoms with E-state index in [1.54, 1.807) is 12.4 Å². The number of rotatable bonds is 17. The molecule has 1 saturated heterocycles. The van der Waals surface area contributed by atoms with Crippen molar-refractivity contribution in [3.05, 3.63) is 82.9 Å². The lowest BCUT2D eigenvalue weighted by atomic mass is 9.87. The second kappa shape index (κ2) is 18.1. The molecule has 0 bridgehead atoms. The monoisotopic (exact) mass is 761 g/mol. The summed E-state index contributed by atoms with van der Waals surface area (Å²) in [5, 5.41) is 25.1. The van der Waals surface area contributed by atoms with E-state index in [1.807, 2.05) is 26.0 Å². The van der Waals surface area contributed by atoms with Crippen LogP contribution in [0.4, 0.5) is 11.6 Å². The van der Waals surface area contributed by atoms with E-state index in [4.69, 9.17) is 19.6 Å². The zero-order chi connectivity index (χ0) is 38.9. The van der Waals surface area contributed by atoms with Crippen LogP contribution < -0.4 is 20.1 Å². The normalized spacial score (nSPS) is 14.4. The lowest BCUT2D eigenvalue weighted by Gasteiger charge is -2.27.